The molecule has 0 aliphatic carbocycles. The molecule has 0 aliphatic rings. The van der Waals surface area contributed by atoms with Crippen molar-refractivity contribution in [2.45, 2.75) is 52.5 Å². The fraction of sp³-hybridized carbons (Fsp3) is 0.364. The number of carbonyl (C=O) groups is 1. The molecule has 0 saturated carbocycles. The van der Waals surface area contributed by atoms with Gasteiger partial charge in [0.1, 0.15) is 5.82 Å². The van der Waals surface area contributed by atoms with Crippen LogP contribution in [-0.4, -0.2) is 30.8 Å². The predicted octanol–water partition coefficient (Wildman–Crippen LogP) is 4.34. The van der Waals surface area contributed by atoms with Gasteiger partial charge in [0, 0.05) is 29.8 Å². The molecule has 0 atom stereocenters. The molecule has 0 fully saturated rings. The predicted molar refractivity (Wildman–Crippen MR) is 108 cm³/mol. The number of aryl methyl sites for hydroxylation is 1. The van der Waals surface area contributed by atoms with Gasteiger partial charge in [-0.25, -0.2) is 14.5 Å². The molecule has 1 aromatic carbocycles. The monoisotopic (exact) mass is 378 g/mol. The van der Waals surface area contributed by atoms with Crippen LogP contribution in [0.15, 0.2) is 42.7 Å². The molecular weight excluding hydrogens is 352 g/mol. The molecule has 0 saturated heterocycles. The molecule has 0 bridgehead atoms. The third kappa shape index (κ3) is 4.27. The first kappa shape index (κ1) is 19.7. The Morgan fingerprint density at radius 3 is 2.46 bits per heavy atom. The quantitative estimate of drug-likeness (QED) is 0.690. The summed E-state index contributed by atoms with van der Waals surface area (Å²) >= 11 is 0. The normalized spacial score (nSPS) is 11.6. The van der Waals surface area contributed by atoms with Gasteiger partial charge in [0.05, 0.1) is 12.1 Å². The van der Waals surface area contributed by atoms with Gasteiger partial charge in [-0.2, -0.15) is 5.10 Å². The topological polar surface area (TPSA) is 80.9 Å². The zero-order chi connectivity index (χ0) is 20.3. The summed E-state index contributed by atoms with van der Waals surface area (Å²) in [4.78, 5) is 20.2. The molecule has 0 radical (unpaired) electrons. The van der Waals surface area contributed by atoms with Crippen molar-refractivity contribution in [3.8, 4) is 11.1 Å². The first-order valence-electron chi connectivity index (χ1n) is 9.50. The Kier molecular flexibility index (Phi) is 5.58. The number of hydrogen-bond donors (Lipinski definition) is 1. The van der Waals surface area contributed by atoms with Crippen molar-refractivity contribution >= 4 is 5.97 Å². The summed E-state index contributed by atoms with van der Waals surface area (Å²) in [6.45, 7) is 9.12. The second-order valence-corrected chi connectivity index (χ2v) is 7.93. The summed E-state index contributed by atoms with van der Waals surface area (Å²) in [5, 5.41) is 14.1. The number of aromatic nitrogens is 4. The van der Waals surface area contributed by atoms with Crippen LogP contribution >= 0.6 is 0 Å². The Morgan fingerprint density at radius 1 is 1.14 bits per heavy atom. The van der Waals surface area contributed by atoms with E-state index in [-0.39, 0.29) is 11.0 Å². The van der Waals surface area contributed by atoms with Crippen LogP contribution in [-0.2, 0) is 18.4 Å². The minimum Gasteiger partial charge on any atom is -0.478 e. The van der Waals surface area contributed by atoms with E-state index in [1.807, 2.05) is 28.9 Å². The summed E-state index contributed by atoms with van der Waals surface area (Å²) in [5.41, 5.74) is 2.69. The first-order valence-corrected chi connectivity index (χ1v) is 9.50. The molecule has 3 aromatic rings. The summed E-state index contributed by atoms with van der Waals surface area (Å²) in [6, 6.07) is 9.38. The SMILES string of the molecule is CCCc1nc(C(C)(C)C)nn1Cc1ccc(-c2cnccc2C(=O)O)cc1. The standard InChI is InChI=1S/C22H26N4O2/c1-5-6-19-24-21(22(2,3)4)25-26(19)14-15-7-9-16(10-8-15)18-13-23-12-11-17(18)20(27)28/h7-13H,5-6,14H2,1-4H3,(H,27,28). The molecule has 28 heavy (non-hydrogen) atoms. The van der Waals surface area contributed by atoms with Crippen LogP contribution in [0.1, 0.15) is 61.7 Å². The van der Waals surface area contributed by atoms with E-state index >= 15 is 0 Å². The zero-order valence-corrected chi connectivity index (χ0v) is 16.8. The van der Waals surface area contributed by atoms with Gasteiger partial charge in [-0.15, -0.1) is 0 Å². The van der Waals surface area contributed by atoms with Gasteiger partial charge in [-0.3, -0.25) is 4.98 Å². The van der Waals surface area contributed by atoms with E-state index in [2.05, 4.69) is 32.7 Å². The molecular formula is C22H26N4O2. The van der Waals surface area contributed by atoms with Crippen molar-refractivity contribution in [3.05, 3.63) is 65.5 Å². The van der Waals surface area contributed by atoms with Gasteiger partial charge in [0.15, 0.2) is 5.82 Å². The molecule has 0 unspecified atom stereocenters. The van der Waals surface area contributed by atoms with E-state index < -0.39 is 5.97 Å². The van der Waals surface area contributed by atoms with Gasteiger partial charge in [0.25, 0.3) is 0 Å². The van der Waals surface area contributed by atoms with Crippen LogP contribution < -0.4 is 0 Å². The molecule has 1 N–H and O–H groups in total. The van der Waals surface area contributed by atoms with E-state index in [0.29, 0.717) is 12.1 Å². The minimum absolute atomic E-state index is 0.0921. The molecule has 0 spiro atoms. The van der Waals surface area contributed by atoms with E-state index in [1.54, 1.807) is 6.20 Å². The smallest absolute Gasteiger partial charge is 0.336 e. The van der Waals surface area contributed by atoms with Crippen molar-refractivity contribution in [1.82, 2.24) is 19.7 Å². The van der Waals surface area contributed by atoms with Crippen molar-refractivity contribution in [1.29, 1.82) is 0 Å². The van der Waals surface area contributed by atoms with Crippen LogP contribution in [0.25, 0.3) is 11.1 Å². The lowest BCUT2D eigenvalue weighted by Crippen LogP contribution is -2.14. The summed E-state index contributed by atoms with van der Waals surface area (Å²) in [5.74, 6) is 0.897. The van der Waals surface area contributed by atoms with Crippen molar-refractivity contribution in [2.24, 2.45) is 0 Å². The van der Waals surface area contributed by atoms with Crippen molar-refractivity contribution in [2.75, 3.05) is 0 Å². The fourth-order valence-corrected chi connectivity index (χ4v) is 3.00. The zero-order valence-electron chi connectivity index (χ0n) is 16.8. The highest BCUT2D eigenvalue weighted by Crippen LogP contribution is 2.24. The van der Waals surface area contributed by atoms with Crippen LogP contribution in [0.3, 0.4) is 0 Å². The number of nitrogens with zero attached hydrogens (tertiary/aromatic N) is 4. The highest BCUT2D eigenvalue weighted by atomic mass is 16.4. The van der Waals surface area contributed by atoms with Crippen LogP contribution in [0.5, 0.6) is 0 Å². The summed E-state index contributed by atoms with van der Waals surface area (Å²) in [6.07, 6.45) is 4.98. The number of hydrogen-bond acceptors (Lipinski definition) is 4. The fourth-order valence-electron chi connectivity index (χ4n) is 3.00. The molecule has 6 heteroatoms. The van der Waals surface area contributed by atoms with Gasteiger partial charge >= 0.3 is 5.97 Å². The first-order chi connectivity index (χ1) is 13.3. The minimum atomic E-state index is -0.956. The summed E-state index contributed by atoms with van der Waals surface area (Å²) < 4.78 is 1.98. The lowest BCUT2D eigenvalue weighted by atomic mass is 9.96. The Balaban J connectivity index is 1.88. The second kappa shape index (κ2) is 7.92. The van der Waals surface area contributed by atoms with Gasteiger partial charge in [-0.05, 0) is 23.6 Å². The van der Waals surface area contributed by atoms with Crippen LogP contribution in [0.2, 0.25) is 0 Å². The highest BCUT2D eigenvalue weighted by molar-refractivity contribution is 5.95. The van der Waals surface area contributed by atoms with E-state index in [1.165, 1.54) is 12.3 Å². The average molecular weight is 378 g/mol. The maximum absolute atomic E-state index is 11.4. The average Bonchev–Trinajstić information content (AvgIpc) is 3.06. The van der Waals surface area contributed by atoms with E-state index in [4.69, 9.17) is 10.1 Å². The third-order valence-corrected chi connectivity index (χ3v) is 4.54. The molecule has 2 heterocycles. The maximum Gasteiger partial charge on any atom is 0.336 e. The number of benzene rings is 1. The number of carboxylic acids is 1. The number of pyridine rings is 1. The molecule has 3 rings (SSSR count). The largest absolute Gasteiger partial charge is 0.478 e. The van der Waals surface area contributed by atoms with Crippen LogP contribution in [0.4, 0.5) is 0 Å². The van der Waals surface area contributed by atoms with Crippen molar-refractivity contribution < 1.29 is 9.90 Å². The maximum atomic E-state index is 11.4. The van der Waals surface area contributed by atoms with Crippen molar-refractivity contribution in [3.63, 3.8) is 0 Å². The highest BCUT2D eigenvalue weighted by Gasteiger charge is 2.21. The number of rotatable bonds is 6. The lowest BCUT2D eigenvalue weighted by molar-refractivity contribution is 0.0697. The second-order valence-electron chi connectivity index (χ2n) is 7.93. The number of aromatic carboxylic acids is 1. The Morgan fingerprint density at radius 2 is 1.86 bits per heavy atom. The Bertz CT molecular complexity index is 969. The van der Waals surface area contributed by atoms with Crippen LogP contribution in [0, 0.1) is 0 Å². The van der Waals surface area contributed by atoms with E-state index in [9.17, 15) is 9.90 Å². The van der Waals surface area contributed by atoms with Gasteiger partial charge in [-0.1, -0.05) is 52.0 Å². The molecule has 0 aliphatic heterocycles. The molecule has 0 amide bonds. The Labute approximate surface area is 165 Å². The van der Waals surface area contributed by atoms with Gasteiger partial charge in [0.2, 0.25) is 0 Å². The summed E-state index contributed by atoms with van der Waals surface area (Å²) in [7, 11) is 0. The molecule has 2 aromatic heterocycles. The molecule has 146 valence electrons. The third-order valence-electron chi connectivity index (χ3n) is 4.54. The number of carboxylic acid groups (broad SMARTS) is 1. The lowest BCUT2D eigenvalue weighted by Gasteiger charge is -2.12. The molecule has 6 nitrogen and oxygen atoms in total. The Hall–Kier alpha value is -3.02. The van der Waals surface area contributed by atoms with Gasteiger partial charge < -0.3 is 5.11 Å². The van der Waals surface area contributed by atoms with E-state index in [0.717, 1.165) is 35.6 Å².